The second-order valence-corrected chi connectivity index (χ2v) is 6.42. The van der Waals surface area contributed by atoms with E-state index in [2.05, 4.69) is 34.0 Å². The molecule has 2 fully saturated rings. The molecule has 20 heavy (non-hydrogen) atoms. The highest BCUT2D eigenvalue weighted by molar-refractivity contribution is 5.40. The van der Waals surface area contributed by atoms with E-state index < -0.39 is 0 Å². The number of piperidine rings is 2. The molecule has 4 nitrogen and oxygen atoms in total. The van der Waals surface area contributed by atoms with Gasteiger partial charge in [0.2, 0.25) is 0 Å². The quantitative estimate of drug-likeness (QED) is 0.896. The van der Waals surface area contributed by atoms with Gasteiger partial charge in [-0.25, -0.2) is 4.98 Å². The Morgan fingerprint density at radius 2 is 2.15 bits per heavy atom. The maximum atomic E-state index is 5.89. The van der Waals surface area contributed by atoms with Gasteiger partial charge in [-0.3, -0.25) is 0 Å². The Morgan fingerprint density at radius 1 is 1.30 bits per heavy atom. The number of rotatable bonds is 2. The second kappa shape index (κ2) is 5.70. The smallest absolute Gasteiger partial charge is 0.128 e. The largest absolute Gasteiger partial charge is 0.356 e. The molecule has 110 valence electrons. The SMILES string of the molecule is C[C@H](N)c1ccc(N2CCC3C(CCCN3C)C2)nc1. The first-order valence-electron chi connectivity index (χ1n) is 7.82. The second-order valence-electron chi connectivity index (χ2n) is 6.42. The van der Waals surface area contributed by atoms with E-state index in [0.29, 0.717) is 0 Å². The van der Waals surface area contributed by atoms with Gasteiger partial charge in [-0.05, 0) is 57.3 Å². The number of hydrogen-bond acceptors (Lipinski definition) is 4. The monoisotopic (exact) mass is 274 g/mol. The van der Waals surface area contributed by atoms with Crippen LogP contribution in [-0.4, -0.2) is 42.6 Å². The fourth-order valence-electron chi connectivity index (χ4n) is 3.71. The summed E-state index contributed by atoms with van der Waals surface area (Å²) in [6.07, 6.45) is 5.89. The molecule has 3 rings (SSSR count). The Morgan fingerprint density at radius 3 is 2.85 bits per heavy atom. The summed E-state index contributed by atoms with van der Waals surface area (Å²) in [6, 6.07) is 5.09. The molecule has 0 bridgehead atoms. The fraction of sp³-hybridized carbons (Fsp3) is 0.688. The molecule has 2 aliphatic heterocycles. The average Bonchev–Trinajstić information content (AvgIpc) is 2.47. The van der Waals surface area contributed by atoms with Gasteiger partial charge in [0.15, 0.2) is 0 Å². The van der Waals surface area contributed by atoms with Gasteiger partial charge in [-0.1, -0.05) is 6.07 Å². The number of nitrogens with zero attached hydrogens (tertiary/aromatic N) is 3. The summed E-state index contributed by atoms with van der Waals surface area (Å²) in [5, 5.41) is 0. The van der Waals surface area contributed by atoms with Gasteiger partial charge in [0.1, 0.15) is 5.82 Å². The Balaban J connectivity index is 1.69. The summed E-state index contributed by atoms with van der Waals surface area (Å²) in [5.41, 5.74) is 7.00. The third-order valence-electron chi connectivity index (χ3n) is 4.97. The van der Waals surface area contributed by atoms with Crippen molar-refractivity contribution in [3.05, 3.63) is 23.9 Å². The van der Waals surface area contributed by atoms with E-state index in [0.717, 1.165) is 36.4 Å². The minimum atomic E-state index is 0.0641. The number of nitrogens with two attached hydrogens (primary N) is 1. The van der Waals surface area contributed by atoms with Crippen LogP contribution >= 0.6 is 0 Å². The minimum absolute atomic E-state index is 0.0641. The number of likely N-dealkylation sites (tertiary alicyclic amines) is 1. The summed E-state index contributed by atoms with van der Waals surface area (Å²) in [6.45, 7) is 5.54. The van der Waals surface area contributed by atoms with Crippen molar-refractivity contribution in [2.24, 2.45) is 11.7 Å². The zero-order valence-corrected chi connectivity index (χ0v) is 12.6. The molecule has 4 heteroatoms. The topological polar surface area (TPSA) is 45.4 Å². The lowest BCUT2D eigenvalue weighted by molar-refractivity contribution is 0.102. The highest BCUT2D eigenvalue weighted by Gasteiger charge is 2.34. The Kier molecular flexibility index (Phi) is 3.94. The van der Waals surface area contributed by atoms with Gasteiger partial charge in [0, 0.05) is 31.4 Å². The van der Waals surface area contributed by atoms with Gasteiger partial charge in [-0.2, -0.15) is 0 Å². The molecule has 2 saturated heterocycles. The lowest BCUT2D eigenvalue weighted by atomic mass is 9.84. The van der Waals surface area contributed by atoms with Gasteiger partial charge in [0.25, 0.3) is 0 Å². The average molecular weight is 274 g/mol. The van der Waals surface area contributed by atoms with Crippen molar-refractivity contribution in [1.29, 1.82) is 0 Å². The molecule has 0 radical (unpaired) electrons. The molecule has 0 aromatic carbocycles. The van der Waals surface area contributed by atoms with Crippen molar-refractivity contribution in [3.63, 3.8) is 0 Å². The maximum Gasteiger partial charge on any atom is 0.128 e. The van der Waals surface area contributed by atoms with Crippen LogP contribution in [0.1, 0.15) is 37.8 Å². The van der Waals surface area contributed by atoms with Gasteiger partial charge >= 0.3 is 0 Å². The summed E-state index contributed by atoms with van der Waals surface area (Å²) in [4.78, 5) is 9.62. The van der Waals surface area contributed by atoms with E-state index in [1.54, 1.807) is 0 Å². The van der Waals surface area contributed by atoms with E-state index in [1.807, 2.05) is 13.1 Å². The van der Waals surface area contributed by atoms with E-state index in [4.69, 9.17) is 5.73 Å². The van der Waals surface area contributed by atoms with Crippen molar-refractivity contribution >= 4 is 5.82 Å². The van der Waals surface area contributed by atoms with Gasteiger partial charge in [0.05, 0.1) is 0 Å². The Bertz CT molecular complexity index is 442. The van der Waals surface area contributed by atoms with Gasteiger partial charge < -0.3 is 15.5 Å². The minimum Gasteiger partial charge on any atom is -0.356 e. The maximum absolute atomic E-state index is 5.89. The molecule has 2 unspecified atom stereocenters. The standard InChI is InChI=1S/C16H26N4/c1-12(17)13-5-6-16(18-10-13)20-9-7-15-14(11-20)4-3-8-19(15)2/h5-6,10,12,14-15H,3-4,7-9,11,17H2,1-2H3/t12-,14?,15?/m0/s1. The first-order valence-corrected chi connectivity index (χ1v) is 7.82. The molecule has 1 aromatic heterocycles. The Labute approximate surface area is 122 Å². The molecule has 2 aliphatic rings. The van der Waals surface area contributed by atoms with Crippen LogP contribution < -0.4 is 10.6 Å². The zero-order valence-electron chi connectivity index (χ0n) is 12.6. The number of anilines is 1. The van der Waals surface area contributed by atoms with Crippen molar-refractivity contribution in [2.75, 3.05) is 31.6 Å². The lowest BCUT2D eigenvalue weighted by Gasteiger charge is -2.46. The van der Waals surface area contributed by atoms with Crippen LogP contribution in [0.3, 0.4) is 0 Å². The predicted molar refractivity (Wildman–Crippen MR) is 82.8 cm³/mol. The summed E-state index contributed by atoms with van der Waals surface area (Å²) in [5.74, 6) is 1.92. The van der Waals surface area contributed by atoms with Crippen molar-refractivity contribution in [3.8, 4) is 0 Å². The van der Waals surface area contributed by atoms with Crippen LogP contribution in [-0.2, 0) is 0 Å². The van der Waals surface area contributed by atoms with Crippen LogP contribution in [0.4, 0.5) is 5.82 Å². The highest BCUT2D eigenvalue weighted by atomic mass is 15.2. The normalized spacial score (nSPS) is 29.1. The van der Waals surface area contributed by atoms with Crippen LogP contribution in [0.25, 0.3) is 0 Å². The van der Waals surface area contributed by atoms with E-state index in [-0.39, 0.29) is 6.04 Å². The third kappa shape index (κ3) is 2.67. The molecule has 3 heterocycles. The molecule has 0 saturated carbocycles. The fourth-order valence-corrected chi connectivity index (χ4v) is 3.71. The molecule has 0 spiro atoms. The van der Waals surface area contributed by atoms with Gasteiger partial charge in [-0.15, -0.1) is 0 Å². The van der Waals surface area contributed by atoms with Crippen LogP contribution in [0.5, 0.6) is 0 Å². The highest BCUT2D eigenvalue weighted by Crippen LogP contribution is 2.31. The molecule has 2 N–H and O–H groups in total. The first kappa shape index (κ1) is 13.8. The van der Waals surface area contributed by atoms with E-state index >= 15 is 0 Å². The molecule has 3 atom stereocenters. The lowest BCUT2D eigenvalue weighted by Crippen LogP contribution is -2.52. The summed E-state index contributed by atoms with van der Waals surface area (Å²) >= 11 is 0. The molecule has 0 amide bonds. The van der Waals surface area contributed by atoms with Crippen LogP contribution in [0.15, 0.2) is 18.3 Å². The zero-order chi connectivity index (χ0) is 14.1. The number of hydrogen-bond donors (Lipinski definition) is 1. The molecular weight excluding hydrogens is 248 g/mol. The predicted octanol–water partition coefficient (Wildman–Crippen LogP) is 2.02. The van der Waals surface area contributed by atoms with E-state index in [9.17, 15) is 0 Å². The van der Waals surface area contributed by atoms with Crippen molar-refractivity contribution < 1.29 is 0 Å². The van der Waals surface area contributed by atoms with Crippen molar-refractivity contribution in [2.45, 2.75) is 38.3 Å². The third-order valence-corrected chi connectivity index (χ3v) is 4.97. The Hall–Kier alpha value is -1.13. The van der Waals surface area contributed by atoms with Crippen LogP contribution in [0, 0.1) is 5.92 Å². The summed E-state index contributed by atoms with van der Waals surface area (Å²) < 4.78 is 0. The molecule has 1 aromatic rings. The van der Waals surface area contributed by atoms with Crippen molar-refractivity contribution in [1.82, 2.24) is 9.88 Å². The number of fused-ring (bicyclic) bond motifs is 1. The molecular formula is C16H26N4. The number of pyridine rings is 1. The molecule has 0 aliphatic carbocycles. The first-order chi connectivity index (χ1) is 9.65. The summed E-state index contributed by atoms with van der Waals surface area (Å²) in [7, 11) is 2.28. The van der Waals surface area contributed by atoms with E-state index in [1.165, 1.54) is 25.8 Å². The van der Waals surface area contributed by atoms with Crippen LogP contribution in [0.2, 0.25) is 0 Å². The number of aromatic nitrogens is 1.